The smallest absolute Gasteiger partial charge is 0.200 e. The number of benzene rings is 1. The van der Waals surface area contributed by atoms with Crippen LogP contribution in [-0.2, 0) is 29.7 Å². The Labute approximate surface area is 266 Å². The van der Waals surface area contributed by atoms with Gasteiger partial charge in [0.2, 0.25) is 8.32 Å². The molecule has 0 unspecified atom stereocenters. The van der Waals surface area contributed by atoms with Gasteiger partial charge in [0, 0.05) is 6.42 Å². The van der Waals surface area contributed by atoms with Crippen LogP contribution >= 0.6 is 0 Å². The van der Waals surface area contributed by atoms with Crippen molar-refractivity contribution in [2.24, 2.45) is 0 Å². The maximum Gasteiger partial charge on any atom is 0.200 e. The number of methoxy groups -OCH3 is 1. The summed E-state index contributed by atoms with van der Waals surface area (Å²) in [6.45, 7) is 24.4. The zero-order valence-corrected chi connectivity index (χ0v) is 31.3. The molecule has 0 aromatic heterocycles. The Kier molecular flexibility index (Phi) is 14.3. The fourth-order valence-corrected chi connectivity index (χ4v) is 16.2. The lowest BCUT2D eigenvalue weighted by atomic mass is 10.0. The van der Waals surface area contributed by atoms with Crippen LogP contribution in [0.4, 0.5) is 0 Å². The minimum absolute atomic E-state index is 0.0271. The van der Waals surface area contributed by atoms with Gasteiger partial charge in [-0.25, -0.2) is 0 Å². The first kappa shape index (κ1) is 36.7. The van der Waals surface area contributed by atoms with E-state index < -0.39 is 16.6 Å². The Morgan fingerprint density at radius 1 is 0.814 bits per heavy atom. The van der Waals surface area contributed by atoms with Crippen LogP contribution in [0, 0.1) is 0 Å². The van der Waals surface area contributed by atoms with E-state index in [0.717, 1.165) is 55.1 Å². The maximum absolute atomic E-state index is 7.46. The van der Waals surface area contributed by atoms with E-state index in [0.29, 0.717) is 35.9 Å². The van der Waals surface area contributed by atoms with Crippen molar-refractivity contribution in [2.75, 3.05) is 13.7 Å². The van der Waals surface area contributed by atoms with Gasteiger partial charge < -0.3 is 27.8 Å². The standard InChI is InChI=1S/C35H64O6Si2/c1-12-30-32(41-43(25(5)6,26(7)8)27(9)10)21-20-31-33(39-31)22-34(38-30)35(40-42(13-2,14-3)15-4)24-37-23-28-16-18-29(36-11)19-17-28/h16-19,25-27,30-35H,12-15,20-24H2,1-11H3/t30-,31+,32+,33-,34-,35-/m1/s1. The molecule has 6 atom stereocenters. The molecule has 8 heteroatoms. The molecule has 6 nitrogen and oxygen atoms in total. The molecule has 1 aromatic carbocycles. The average Bonchev–Trinajstić information content (AvgIpc) is 3.74. The van der Waals surface area contributed by atoms with Crippen LogP contribution < -0.4 is 4.74 Å². The highest BCUT2D eigenvalue weighted by atomic mass is 28.4. The van der Waals surface area contributed by atoms with Gasteiger partial charge in [-0.3, -0.25) is 0 Å². The zero-order valence-electron chi connectivity index (χ0n) is 29.3. The molecule has 248 valence electrons. The highest BCUT2D eigenvalue weighted by Gasteiger charge is 2.50. The van der Waals surface area contributed by atoms with Crippen molar-refractivity contribution in [3.05, 3.63) is 29.8 Å². The summed E-state index contributed by atoms with van der Waals surface area (Å²) in [4.78, 5) is 0. The number of epoxide rings is 1. The third-order valence-corrected chi connectivity index (χ3v) is 21.4. The lowest BCUT2D eigenvalue weighted by Crippen LogP contribution is -2.54. The van der Waals surface area contributed by atoms with E-state index in [1.54, 1.807) is 7.11 Å². The van der Waals surface area contributed by atoms with Gasteiger partial charge in [-0.1, -0.05) is 81.4 Å². The van der Waals surface area contributed by atoms with Gasteiger partial charge in [0.15, 0.2) is 8.32 Å². The Morgan fingerprint density at radius 3 is 1.93 bits per heavy atom. The van der Waals surface area contributed by atoms with Gasteiger partial charge in [-0.15, -0.1) is 0 Å². The molecule has 2 heterocycles. The van der Waals surface area contributed by atoms with Gasteiger partial charge in [0.25, 0.3) is 0 Å². The summed E-state index contributed by atoms with van der Waals surface area (Å²) < 4.78 is 39.9. The topological polar surface area (TPSA) is 58.7 Å². The molecule has 2 aliphatic heterocycles. The van der Waals surface area contributed by atoms with Crippen LogP contribution in [0.3, 0.4) is 0 Å². The summed E-state index contributed by atoms with van der Waals surface area (Å²) in [5.41, 5.74) is 2.73. The summed E-state index contributed by atoms with van der Waals surface area (Å²) in [6, 6.07) is 11.4. The fourth-order valence-electron chi connectivity index (χ4n) is 7.71. The Hall–Kier alpha value is -0.746. The maximum atomic E-state index is 7.46. The summed E-state index contributed by atoms with van der Waals surface area (Å²) in [5.74, 6) is 0.856. The first-order chi connectivity index (χ1) is 20.5. The third kappa shape index (κ3) is 9.17. The van der Waals surface area contributed by atoms with Crippen LogP contribution in [0.5, 0.6) is 5.75 Å². The molecule has 0 aliphatic carbocycles. The van der Waals surface area contributed by atoms with Crippen molar-refractivity contribution in [3.8, 4) is 5.75 Å². The molecule has 0 saturated carbocycles. The molecule has 2 aliphatic rings. The average molecular weight is 637 g/mol. The van der Waals surface area contributed by atoms with Gasteiger partial charge in [-0.05, 0) is 71.7 Å². The predicted molar refractivity (Wildman–Crippen MR) is 182 cm³/mol. The molecule has 0 bridgehead atoms. The van der Waals surface area contributed by atoms with Crippen molar-refractivity contribution in [1.82, 2.24) is 0 Å². The summed E-state index contributed by atoms with van der Waals surface area (Å²) in [7, 11) is -2.32. The van der Waals surface area contributed by atoms with E-state index in [4.69, 9.17) is 27.8 Å². The van der Waals surface area contributed by atoms with E-state index in [1.807, 2.05) is 12.1 Å². The van der Waals surface area contributed by atoms with Crippen LogP contribution in [-0.4, -0.2) is 67.0 Å². The Balaban J connectivity index is 1.89. The Bertz CT molecular complexity index is 905. The van der Waals surface area contributed by atoms with E-state index in [2.05, 4.69) is 81.4 Å². The fraction of sp³-hybridized carbons (Fsp3) is 0.829. The van der Waals surface area contributed by atoms with Crippen LogP contribution in [0.1, 0.15) is 100 Å². The van der Waals surface area contributed by atoms with E-state index in [1.165, 1.54) is 0 Å². The molecule has 1 aromatic rings. The second kappa shape index (κ2) is 16.7. The lowest BCUT2D eigenvalue weighted by Gasteiger charge is -2.46. The number of hydrogen-bond acceptors (Lipinski definition) is 6. The van der Waals surface area contributed by atoms with Gasteiger partial charge in [0.05, 0.1) is 56.9 Å². The number of fused-ring (bicyclic) bond motifs is 1. The van der Waals surface area contributed by atoms with Crippen molar-refractivity contribution in [1.29, 1.82) is 0 Å². The quantitative estimate of drug-likeness (QED) is 0.125. The molecule has 0 N–H and O–H groups in total. The van der Waals surface area contributed by atoms with Crippen LogP contribution in [0.25, 0.3) is 0 Å². The van der Waals surface area contributed by atoms with Crippen molar-refractivity contribution in [2.45, 2.75) is 173 Å². The molecule has 0 amide bonds. The molecule has 0 radical (unpaired) electrons. The number of hydrogen-bond donors (Lipinski definition) is 0. The van der Waals surface area contributed by atoms with E-state index >= 15 is 0 Å². The molecule has 2 fully saturated rings. The van der Waals surface area contributed by atoms with Crippen molar-refractivity contribution in [3.63, 3.8) is 0 Å². The molecule has 0 spiro atoms. The predicted octanol–water partition coefficient (Wildman–Crippen LogP) is 9.28. The molecular weight excluding hydrogens is 573 g/mol. The second-order valence-corrected chi connectivity index (χ2v) is 24.0. The highest BCUT2D eigenvalue weighted by Crippen LogP contribution is 2.45. The number of ether oxygens (including phenoxy) is 4. The van der Waals surface area contributed by atoms with Crippen LogP contribution in [0.15, 0.2) is 24.3 Å². The van der Waals surface area contributed by atoms with Crippen LogP contribution in [0.2, 0.25) is 34.8 Å². The normalized spacial score (nSPS) is 25.8. The van der Waals surface area contributed by atoms with E-state index in [-0.39, 0.29) is 30.5 Å². The SMILES string of the molecule is CC[C@H]1O[C@@H]([C@@H](COCc2ccc(OC)cc2)O[Si](CC)(CC)CC)C[C@H]2O[C@H]2CC[C@@H]1O[Si](C(C)C)(C(C)C)C(C)C. The molecule has 2 saturated heterocycles. The van der Waals surface area contributed by atoms with Gasteiger partial charge in [-0.2, -0.15) is 0 Å². The Morgan fingerprint density at radius 2 is 1.42 bits per heavy atom. The van der Waals surface area contributed by atoms with Gasteiger partial charge >= 0.3 is 0 Å². The van der Waals surface area contributed by atoms with Crippen molar-refractivity contribution >= 4 is 16.6 Å². The molecule has 3 rings (SSSR count). The largest absolute Gasteiger partial charge is 0.497 e. The zero-order chi connectivity index (χ0) is 31.8. The lowest BCUT2D eigenvalue weighted by molar-refractivity contribution is -0.130. The minimum Gasteiger partial charge on any atom is -0.497 e. The van der Waals surface area contributed by atoms with E-state index in [9.17, 15) is 0 Å². The molecular formula is C35H64O6Si2. The highest BCUT2D eigenvalue weighted by molar-refractivity contribution is 6.77. The summed E-state index contributed by atoms with van der Waals surface area (Å²) >= 11 is 0. The van der Waals surface area contributed by atoms with Gasteiger partial charge in [0.1, 0.15) is 5.75 Å². The molecule has 43 heavy (non-hydrogen) atoms. The first-order valence-corrected chi connectivity index (χ1v) is 22.0. The summed E-state index contributed by atoms with van der Waals surface area (Å²) in [5, 5.41) is 0. The number of rotatable bonds is 17. The monoisotopic (exact) mass is 636 g/mol. The van der Waals surface area contributed by atoms with Crippen molar-refractivity contribution < 1.29 is 27.8 Å². The second-order valence-electron chi connectivity index (χ2n) is 13.9. The first-order valence-electron chi connectivity index (χ1n) is 17.4. The minimum atomic E-state index is -2.09. The summed E-state index contributed by atoms with van der Waals surface area (Å²) in [6.07, 6.45) is 4.21. The third-order valence-electron chi connectivity index (χ3n) is 10.6.